The van der Waals surface area contributed by atoms with Crippen molar-refractivity contribution >= 4 is 15.2 Å². The summed E-state index contributed by atoms with van der Waals surface area (Å²) in [4.78, 5) is 34.6. The summed E-state index contributed by atoms with van der Waals surface area (Å²) in [6.07, 6.45) is 0. The minimum Gasteiger partial charge on any atom is -0.370 e. The van der Waals surface area contributed by atoms with Gasteiger partial charge in [0.15, 0.2) is 5.40 Å². The van der Waals surface area contributed by atoms with Gasteiger partial charge in [-0.05, 0) is 0 Å². The topological polar surface area (TPSA) is 136 Å². The van der Waals surface area contributed by atoms with Gasteiger partial charge < -0.3 is 24.3 Å². The number of hydrogen-bond donors (Lipinski definition) is 5. The zero-order valence-electron chi connectivity index (χ0n) is 7.40. The van der Waals surface area contributed by atoms with Crippen LogP contribution in [0, 0.1) is 0 Å². The maximum absolute atomic E-state index is 10.7. The Morgan fingerprint density at radius 3 is 1.93 bits per heavy atom. The summed E-state index contributed by atoms with van der Waals surface area (Å²) in [7, 11) is -8.31. The van der Waals surface area contributed by atoms with E-state index in [1.165, 1.54) is 7.11 Å². The molecule has 0 saturated carbocycles. The van der Waals surface area contributed by atoms with Crippen LogP contribution in [0.3, 0.4) is 0 Å². The zero-order chi connectivity index (χ0) is 11.4. The van der Waals surface area contributed by atoms with Gasteiger partial charge in [-0.25, -0.2) is 0 Å². The maximum Gasteiger partial charge on any atom is 0.342 e. The van der Waals surface area contributed by atoms with Crippen molar-refractivity contribution < 1.29 is 33.4 Å². The smallest absolute Gasteiger partial charge is 0.342 e. The van der Waals surface area contributed by atoms with Crippen LogP contribution in [0.25, 0.3) is 0 Å². The van der Waals surface area contributed by atoms with Crippen LogP contribution in [0.4, 0.5) is 0 Å². The summed E-state index contributed by atoms with van der Waals surface area (Å²) in [5.41, 5.74) is 0. The van der Waals surface area contributed by atoms with E-state index in [4.69, 9.17) is 19.6 Å². The van der Waals surface area contributed by atoms with Crippen molar-refractivity contribution in [2.24, 2.45) is 0 Å². The Kier molecular flexibility index (Phi) is 5.43. The van der Waals surface area contributed by atoms with Gasteiger partial charge in [-0.1, -0.05) is 0 Å². The minimum absolute atomic E-state index is 0.0451. The maximum atomic E-state index is 10.7. The molecule has 0 spiro atoms. The molecular weight excluding hydrogens is 236 g/mol. The molecule has 8 nitrogen and oxygen atoms in total. The Morgan fingerprint density at radius 2 is 1.64 bits per heavy atom. The first kappa shape index (κ1) is 14.2. The standard InChI is InChI=1S/C4H13NO7P2/c1-12-3-5-2-4(13(6,7)8)14(9,10)11/h4-5H,2-3H2,1H3,(H2,6,7,8)(H2,9,10,11). The lowest BCUT2D eigenvalue weighted by Gasteiger charge is -2.19. The van der Waals surface area contributed by atoms with E-state index >= 15 is 0 Å². The van der Waals surface area contributed by atoms with Gasteiger partial charge in [-0.3, -0.25) is 14.4 Å². The quantitative estimate of drug-likeness (QED) is 0.226. The first-order valence-corrected chi connectivity index (χ1v) is 6.86. The molecule has 0 aromatic rings. The molecule has 0 saturated heterocycles. The third-order valence-corrected chi connectivity index (χ3v) is 5.07. The Hall–Kier alpha value is 0.220. The number of methoxy groups -OCH3 is 1. The van der Waals surface area contributed by atoms with Crippen LogP contribution >= 0.6 is 15.2 Å². The summed E-state index contributed by atoms with van der Waals surface area (Å²) in [5, 5.41) is 0.319. The van der Waals surface area contributed by atoms with Crippen molar-refractivity contribution in [3.8, 4) is 0 Å². The van der Waals surface area contributed by atoms with E-state index in [0.29, 0.717) is 0 Å². The van der Waals surface area contributed by atoms with Gasteiger partial charge >= 0.3 is 15.2 Å². The van der Waals surface area contributed by atoms with Crippen molar-refractivity contribution in [2.45, 2.75) is 5.40 Å². The summed E-state index contributed by atoms with van der Waals surface area (Å²) in [6.45, 7) is -0.557. The van der Waals surface area contributed by atoms with E-state index in [1.54, 1.807) is 0 Å². The third-order valence-electron chi connectivity index (χ3n) is 1.35. The van der Waals surface area contributed by atoms with Crippen molar-refractivity contribution in [1.82, 2.24) is 5.32 Å². The van der Waals surface area contributed by atoms with Crippen LogP contribution in [-0.2, 0) is 13.9 Å². The minimum atomic E-state index is -4.82. The molecule has 0 aliphatic rings. The molecule has 0 rings (SSSR count). The van der Waals surface area contributed by atoms with E-state index in [0.717, 1.165) is 0 Å². The molecule has 0 radical (unpaired) electrons. The molecule has 0 aromatic heterocycles. The molecule has 0 aromatic carbocycles. The summed E-state index contributed by atoms with van der Waals surface area (Å²) in [5.74, 6) is 0. The average Bonchev–Trinajstić information content (AvgIpc) is 1.92. The fourth-order valence-corrected chi connectivity index (χ4v) is 3.03. The van der Waals surface area contributed by atoms with Gasteiger partial charge in [0.25, 0.3) is 0 Å². The molecule has 10 heteroatoms. The van der Waals surface area contributed by atoms with Gasteiger partial charge in [-0.2, -0.15) is 0 Å². The van der Waals surface area contributed by atoms with Crippen molar-refractivity contribution in [1.29, 1.82) is 0 Å². The highest BCUT2D eigenvalue weighted by Gasteiger charge is 2.42. The van der Waals surface area contributed by atoms with Crippen LogP contribution in [0.1, 0.15) is 0 Å². The number of hydrogen-bond acceptors (Lipinski definition) is 4. The second kappa shape index (κ2) is 5.34. The Bertz CT molecular complexity index is 234. The van der Waals surface area contributed by atoms with E-state index in [-0.39, 0.29) is 6.73 Å². The molecule has 0 aliphatic carbocycles. The molecule has 0 aliphatic heterocycles. The lowest BCUT2D eigenvalue weighted by atomic mass is 10.7. The van der Waals surface area contributed by atoms with Crippen LogP contribution in [0.2, 0.25) is 0 Å². The van der Waals surface area contributed by atoms with Gasteiger partial charge in [0.2, 0.25) is 0 Å². The van der Waals surface area contributed by atoms with Crippen LogP contribution in [-0.4, -0.2) is 45.4 Å². The fourth-order valence-electron chi connectivity index (χ4n) is 0.724. The van der Waals surface area contributed by atoms with Crippen LogP contribution in [0.5, 0.6) is 0 Å². The Labute approximate surface area is 80.6 Å². The normalized spacial score (nSPS) is 13.6. The first-order chi connectivity index (χ1) is 6.19. The zero-order valence-corrected chi connectivity index (χ0v) is 9.19. The number of rotatable bonds is 6. The summed E-state index contributed by atoms with van der Waals surface area (Å²) < 4.78 is 25.9. The monoisotopic (exact) mass is 249 g/mol. The molecule has 0 heterocycles. The summed E-state index contributed by atoms with van der Waals surface area (Å²) >= 11 is 0. The lowest BCUT2D eigenvalue weighted by molar-refractivity contribution is 0.175. The second-order valence-electron chi connectivity index (χ2n) is 2.55. The third kappa shape index (κ3) is 5.19. The van der Waals surface area contributed by atoms with E-state index in [2.05, 4.69) is 10.1 Å². The average molecular weight is 249 g/mol. The highest BCUT2D eigenvalue weighted by atomic mass is 31.2. The Balaban J connectivity index is 4.45. The fraction of sp³-hybridized carbons (Fsp3) is 1.00. The molecule has 0 fully saturated rings. The molecule has 0 unspecified atom stereocenters. The van der Waals surface area contributed by atoms with Crippen molar-refractivity contribution in [2.75, 3.05) is 20.4 Å². The molecule has 0 bridgehead atoms. The lowest BCUT2D eigenvalue weighted by Crippen LogP contribution is -2.28. The number of ether oxygens (including phenoxy) is 1. The van der Waals surface area contributed by atoms with Gasteiger partial charge in [0.1, 0.15) is 0 Å². The molecule has 0 amide bonds. The van der Waals surface area contributed by atoms with Gasteiger partial charge in [-0.15, -0.1) is 0 Å². The van der Waals surface area contributed by atoms with Gasteiger partial charge in [0, 0.05) is 13.7 Å². The Morgan fingerprint density at radius 1 is 1.21 bits per heavy atom. The molecule has 14 heavy (non-hydrogen) atoms. The SMILES string of the molecule is COCNCC(P(=O)(O)O)P(=O)(O)O. The highest BCUT2D eigenvalue weighted by Crippen LogP contribution is 2.59. The molecule has 0 atom stereocenters. The van der Waals surface area contributed by atoms with Crippen molar-refractivity contribution in [3.05, 3.63) is 0 Å². The van der Waals surface area contributed by atoms with E-state index < -0.39 is 27.1 Å². The highest BCUT2D eigenvalue weighted by molar-refractivity contribution is 7.70. The van der Waals surface area contributed by atoms with E-state index in [1.807, 2.05) is 0 Å². The predicted molar refractivity (Wildman–Crippen MR) is 47.8 cm³/mol. The van der Waals surface area contributed by atoms with Crippen LogP contribution < -0.4 is 5.32 Å². The van der Waals surface area contributed by atoms with Crippen LogP contribution in [0.15, 0.2) is 0 Å². The largest absolute Gasteiger partial charge is 0.370 e. The molecular formula is C4H13NO7P2. The van der Waals surface area contributed by atoms with Gasteiger partial charge in [0.05, 0.1) is 6.73 Å². The molecule has 86 valence electrons. The number of nitrogens with one attached hydrogen (secondary N) is 1. The van der Waals surface area contributed by atoms with Crippen molar-refractivity contribution in [3.63, 3.8) is 0 Å². The molecule has 5 N–H and O–H groups in total. The predicted octanol–water partition coefficient (Wildman–Crippen LogP) is -1.14. The first-order valence-electron chi connectivity index (χ1n) is 3.49. The second-order valence-corrected chi connectivity index (χ2v) is 6.56. The summed E-state index contributed by atoms with van der Waals surface area (Å²) in [6, 6.07) is 0. The van der Waals surface area contributed by atoms with E-state index in [9.17, 15) is 9.13 Å².